The van der Waals surface area contributed by atoms with Crippen LogP contribution in [-0.4, -0.2) is 22.1 Å². The molecule has 1 aromatic carbocycles. The van der Waals surface area contributed by atoms with E-state index in [1.54, 1.807) is 6.20 Å². The third kappa shape index (κ3) is 4.77. The predicted molar refractivity (Wildman–Crippen MR) is 112 cm³/mol. The standard InChI is InChI=1S/C21H25N3O2S/c1-21(2,3)24-20(25)18(19(27-24)16-10-5-4-6-11-16)23-14-9-15-26-17-12-7-8-13-22-17/h4-8,10-13,23H,9,14-15H2,1-3H3. The zero-order chi connectivity index (χ0) is 19.3. The first-order valence-corrected chi connectivity index (χ1v) is 9.84. The number of pyridine rings is 1. The minimum Gasteiger partial charge on any atom is -0.478 e. The topological polar surface area (TPSA) is 56.1 Å². The number of rotatable bonds is 7. The van der Waals surface area contributed by atoms with Crippen molar-refractivity contribution in [3.05, 3.63) is 65.1 Å². The van der Waals surface area contributed by atoms with Crippen LogP contribution in [0.15, 0.2) is 59.5 Å². The van der Waals surface area contributed by atoms with Gasteiger partial charge in [-0.15, -0.1) is 0 Å². The van der Waals surface area contributed by atoms with Gasteiger partial charge in [0, 0.05) is 18.8 Å². The van der Waals surface area contributed by atoms with Crippen molar-refractivity contribution in [3.8, 4) is 16.3 Å². The van der Waals surface area contributed by atoms with Gasteiger partial charge < -0.3 is 10.1 Å². The monoisotopic (exact) mass is 383 g/mol. The molecule has 0 radical (unpaired) electrons. The number of hydrogen-bond donors (Lipinski definition) is 1. The Labute approximate surface area is 163 Å². The van der Waals surface area contributed by atoms with E-state index in [2.05, 4.69) is 10.3 Å². The van der Waals surface area contributed by atoms with Crippen molar-refractivity contribution in [2.45, 2.75) is 32.7 Å². The minimum atomic E-state index is -0.257. The molecule has 0 unspecified atom stereocenters. The second-order valence-corrected chi connectivity index (χ2v) is 8.18. The van der Waals surface area contributed by atoms with E-state index in [-0.39, 0.29) is 11.1 Å². The highest BCUT2D eigenvalue weighted by Crippen LogP contribution is 2.33. The Balaban J connectivity index is 1.72. The van der Waals surface area contributed by atoms with Gasteiger partial charge in [0.05, 0.1) is 17.0 Å². The molecule has 2 heterocycles. The van der Waals surface area contributed by atoms with Crippen molar-refractivity contribution < 1.29 is 4.74 Å². The Morgan fingerprint density at radius 1 is 1.11 bits per heavy atom. The number of nitrogens with one attached hydrogen (secondary N) is 1. The summed E-state index contributed by atoms with van der Waals surface area (Å²) in [5, 5.41) is 3.34. The predicted octanol–water partition coefficient (Wildman–Crippen LogP) is 4.61. The lowest BCUT2D eigenvalue weighted by atomic mass is 10.1. The summed E-state index contributed by atoms with van der Waals surface area (Å²) in [6, 6.07) is 15.6. The van der Waals surface area contributed by atoms with Gasteiger partial charge >= 0.3 is 0 Å². The van der Waals surface area contributed by atoms with Gasteiger partial charge in [0.15, 0.2) is 0 Å². The summed E-state index contributed by atoms with van der Waals surface area (Å²) in [5.41, 5.74) is 1.48. The number of nitrogens with zero attached hydrogens (tertiary/aromatic N) is 2. The van der Waals surface area contributed by atoms with Gasteiger partial charge in [-0.2, -0.15) is 0 Å². The van der Waals surface area contributed by atoms with Crippen molar-refractivity contribution in [1.29, 1.82) is 0 Å². The summed E-state index contributed by atoms with van der Waals surface area (Å²) < 4.78 is 7.45. The average Bonchev–Trinajstić information content (AvgIpc) is 3.00. The molecular formula is C21H25N3O2S. The number of benzene rings is 1. The highest BCUT2D eigenvalue weighted by atomic mass is 32.1. The Morgan fingerprint density at radius 2 is 1.85 bits per heavy atom. The molecule has 3 rings (SSSR count). The van der Waals surface area contributed by atoms with Crippen LogP contribution in [0.4, 0.5) is 5.69 Å². The molecule has 0 aliphatic heterocycles. The molecule has 0 aliphatic carbocycles. The van der Waals surface area contributed by atoms with Crippen molar-refractivity contribution in [2.75, 3.05) is 18.5 Å². The second-order valence-electron chi connectivity index (χ2n) is 7.23. The van der Waals surface area contributed by atoms with Gasteiger partial charge in [0.1, 0.15) is 5.69 Å². The largest absolute Gasteiger partial charge is 0.478 e. The quantitative estimate of drug-likeness (QED) is 0.606. The lowest BCUT2D eigenvalue weighted by molar-refractivity contribution is 0.303. The first kappa shape index (κ1) is 19.2. The molecule has 0 bridgehead atoms. The number of hydrogen-bond acceptors (Lipinski definition) is 5. The van der Waals surface area contributed by atoms with E-state index in [1.807, 2.05) is 73.3 Å². The Bertz CT molecular complexity index is 912. The van der Waals surface area contributed by atoms with Crippen molar-refractivity contribution in [2.24, 2.45) is 0 Å². The molecule has 0 spiro atoms. The molecular weight excluding hydrogens is 358 g/mol. The van der Waals surface area contributed by atoms with Crippen LogP contribution in [0, 0.1) is 0 Å². The molecule has 0 fully saturated rings. The van der Waals surface area contributed by atoms with Crippen LogP contribution in [0.3, 0.4) is 0 Å². The molecule has 0 saturated carbocycles. The van der Waals surface area contributed by atoms with Crippen LogP contribution in [0.5, 0.6) is 5.88 Å². The van der Waals surface area contributed by atoms with Crippen LogP contribution < -0.4 is 15.6 Å². The zero-order valence-electron chi connectivity index (χ0n) is 15.9. The van der Waals surface area contributed by atoms with E-state index >= 15 is 0 Å². The van der Waals surface area contributed by atoms with Gasteiger partial charge in [-0.1, -0.05) is 47.9 Å². The fourth-order valence-corrected chi connectivity index (χ4v) is 3.78. The second kappa shape index (κ2) is 8.39. The van der Waals surface area contributed by atoms with Gasteiger partial charge in [0.2, 0.25) is 5.88 Å². The van der Waals surface area contributed by atoms with Gasteiger partial charge in [-0.25, -0.2) is 4.98 Å². The highest BCUT2D eigenvalue weighted by molar-refractivity contribution is 7.11. The summed E-state index contributed by atoms with van der Waals surface area (Å²) >= 11 is 1.51. The average molecular weight is 384 g/mol. The van der Waals surface area contributed by atoms with Gasteiger partial charge in [-0.3, -0.25) is 8.75 Å². The summed E-state index contributed by atoms with van der Waals surface area (Å²) in [6.45, 7) is 7.34. The summed E-state index contributed by atoms with van der Waals surface area (Å²) in [4.78, 5) is 18.1. The van der Waals surface area contributed by atoms with Gasteiger partial charge in [-0.05, 0) is 38.8 Å². The van der Waals surface area contributed by atoms with E-state index < -0.39 is 0 Å². The minimum absolute atomic E-state index is 0.0250. The van der Waals surface area contributed by atoms with Crippen LogP contribution >= 0.6 is 11.5 Å². The van der Waals surface area contributed by atoms with Crippen LogP contribution in [0.1, 0.15) is 27.2 Å². The maximum Gasteiger partial charge on any atom is 0.285 e. The smallest absolute Gasteiger partial charge is 0.285 e. The van der Waals surface area contributed by atoms with Crippen molar-refractivity contribution >= 4 is 17.2 Å². The molecule has 1 N–H and O–H groups in total. The maximum atomic E-state index is 13.0. The van der Waals surface area contributed by atoms with E-state index in [1.165, 1.54) is 11.5 Å². The first-order chi connectivity index (χ1) is 13.0. The highest BCUT2D eigenvalue weighted by Gasteiger charge is 2.23. The normalized spacial score (nSPS) is 11.4. The summed E-state index contributed by atoms with van der Waals surface area (Å²) in [6.07, 6.45) is 2.48. The van der Waals surface area contributed by atoms with Gasteiger partial charge in [0.25, 0.3) is 5.56 Å². The lowest BCUT2D eigenvalue weighted by Crippen LogP contribution is -2.30. The Morgan fingerprint density at radius 3 is 2.52 bits per heavy atom. The summed E-state index contributed by atoms with van der Waals surface area (Å²) in [7, 11) is 0. The van der Waals surface area contributed by atoms with Crippen LogP contribution in [-0.2, 0) is 5.54 Å². The maximum absolute atomic E-state index is 13.0. The molecule has 0 saturated heterocycles. The number of ether oxygens (including phenoxy) is 1. The zero-order valence-corrected chi connectivity index (χ0v) is 16.8. The third-order valence-electron chi connectivity index (χ3n) is 3.96. The Kier molecular flexibility index (Phi) is 5.96. The SMILES string of the molecule is CC(C)(C)n1sc(-c2ccccc2)c(NCCCOc2ccccn2)c1=O. The molecule has 6 heteroatoms. The molecule has 0 atom stereocenters. The van der Waals surface area contributed by atoms with E-state index in [0.717, 1.165) is 16.9 Å². The molecule has 0 amide bonds. The molecule has 5 nitrogen and oxygen atoms in total. The summed E-state index contributed by atoms with van der Waals surface area (Å²) in [5.74, 6) is 0.619. The number of anilines is 1. The number of aromatic nitrogens is 2. The molecule has 2 aromatic heterocycles. The fourth-order valence-electron chi connectivity index (χ4n) is 2.66. The van der Waals surface area contributed by atoms with Crippen molar-refractivity contribution in [3.63, 3.8) is 0 Å². The third-order valence-corrected chi connectivity index (χ3v) is 5.48. The molecule has 3 aromatic rings. The lowest BCUT2D eigenvalue weighted by Gasteiger charge is -2.18. The van der Waals surface area contributed by atoms with E-state index in [9.17, 15) is 4.79 Å². The first-order valence-electron chi connectivity index (χ1n) is 9.07. The Hall–Kier alpha value is -2.60. The van der Waals surface area contributed by atoms with Crippen LogP contribution in [0.2, 0.25) is 0 Å². The molecule has 0 aliphatic rings. The molecule has 27 heavy (non-hydrogen) atoms. The molecule has 142 valence electrons. The van der Waals surface area contributed by atoms with Crippen molar-refractivity contribution in [1.82, 2.24) is 8.94 Å². The van der Waals surface area contributed by atoms with Crippen LogP contribution in [0.25, 0.3) is 10.4 Å². The van der Waals surface area contributed by atoms with E-state index in [0.29, 0.717) is 24.7 Å². The van der Waals surface area contributed by atoms with E-state index in [4.69, 9.17) is 4.74 Å². The fraction of sp³-hybridized carbons (Fsp3) is 0.333.